The van der Waals surface area contributed by atoms with E-state index < -0.39 is 0 Å². The number of hydrogen-bond donors (Lipinski definition) is 0. The highest BCUT2D eigenvalue weighted by Gasteiger charge is 2.68. The zero-order chi connectivity index (χ0) is 31.7. The second-order valence-electron chi connectivity index (χ2n) is 14.1. The third kappa shape index (κ3) is 4.60. The minimum Gasteiger partial charge on any atom is -0.299 e. The van der Waals surface area contributed by atoms with Crippen molar-refractivity contribution in [1.82, 2.24) is 9.80 Å². The number of piperidine rings is 2. The summed E-state index contributed by atoms with van der Waals surface area (Å²) in [5, 5.41) is 0. The Morgan fingerprint density at radius 2 is 0.565 bits per heavy atom. The van der Waals surface area contributed by atoms with Crippen LogP contribution in [0.4, 0.5) is 0 Å². The zero-order valence-electron chi connectivity index (χ0n) is 27.4. The van der Waals surface area contributed by atoms with Crippen LogP contribution in [0.5, 0.6) is 0 Å². The summed E-state index contributed by atoms with van der Waals surface area (Å²) < 4.78 is 0. The van der Waals surface area contributed by atoms with E-state index in [2.05, 4.69) is 166 Å². The van der Waals surface area contributed by atoms with Crippen LogP contribution in [0.2, 0.25) is 0 Å². The average molecular weight is 603 g/mol. The van der Waals surface area contributed by atoms with Gasteiger partial charge >= 0.3 is 0 Å². The van der Waals surface area contributed by atoms with Gasteiger partial charge in [0, 0.05) is 24.2 Å². The lowest BCUT2D eigenvalue weighted by molar-refractivity contribution is -0.241. The Labute approximate surface area is 273 Å². The van der Waals surface area contributed by atoms with Crippen LogP contribution in [-0.2, 0) is 4.79 Å². The SMILES string of the molecule is Cc1ccc(C2C3C(=O)C4C(c5ccc(C)cc5)N2C(c2ccc(C)cc2)N(C3c2ccc(C)cc2)C4c2ccc(C)cc2)cc1. The Kier molecular flexibility index (Phi) is 7.08. The second kappa shape index (κ2) is 11.2. The molecule has 4 aliphatic rings. The molecule has 4 atom stereocenters. The molecule has 230 valence electrons. The first-order valence-electron chi connectivity index (χ1n) is 16.7. The summed E-state index contributed by atoms with van der Waals surface area (Å²) in [5.74, 6) is 0.00294. The summed E-state index contributed by atoms with van der Waals surface area (Å²) in [7, 11) is 0. The highest BCUT2D eigenvalue weighted by atomic mass is 16.1. The van der Waals surface area contributed by atoms with Crippen molar-refractivity contribution < 1.29 is 4.79 Å². The number of carbonyl (C=O) groups is 1. The molecule has 46 heavy (non-hydrogen) atoms. The fourth-order valence-electron chi connectivity index (χ4n) is 8.70. The third-order valence-electron chi connectivity index (χ3n) is 10.9. The number of rotatable bonds is 5. The van der Waals surface area contributed by atoms with Crippen LogP contribution >= 0.6 is 0 Å². The van der Waals surface area contributed by atoms with E-state index in [9.17, 15) is 0 Å². The number of hydrogen-bond acceptors (Lipinski definition) is 3. The molecule has 4 aliphatic heterocycles. The highest BCUT2D eigenvalue weighted by molar-refractivity contribution is 5.89. The summed E-state index contributed by atoms with van der Waals surface area (Å²) in [6, 6.07) is 44.7. The van der Waals surface area contributed by atoms with E-state index >= 15 is 4.79 Å². The van der Waals surface area contributed by atoms with E-state index in [1.165, 1.54) is 55.6 Å². The van der Waals surface area contributed by atoms with Gasteiger partial charge in [0.25, 0.3) is 0 Å². The van der Waals surface area contributed by atoms with E-state index in [0.717, 1.165) is 0 Å². The monoisotopic (exact) mass is 602 g/mol. The summed E-state index contributed by atoms with van der Waals surface area (Å²) in [4.78, 5) is 20.9. The van der Waals surface area contributed by atoms with Crippen molar-refractivity contribution in [3.8, 4) is 0 Å². The number of ketones is 1. The Morgan fingerprint density at radius 3 is 0.804 bits per heavy atom. The summed E-state index contributed by atoms with van der Waals surface area (Å²) in [6.07, 6.45) is -0.0311. The van der Waals surface area contributed by atoms with Gasteiger partial charge in [-0.15, -0.1) is 0 Å². The molecule has 3 heteroatoms. The smallest absolute Gasteiger partial charge is 0.146 e. The Morgan fingerprint density at radius 1 is 0.348 bits per heavy atom. The van der Waals surface area contributed by atoms with Gasteiger partial charge in [0.2, 0.25) is 0 Å². The van der Waals surface area contributed by atoms with Crippen molar-refractivity contribution in [2.75, 3.05) is 0 Å². The van der Waals surface area contributed by atoms with Crippen molar-refractivity contribution in [2.45, 2.75) is 65.0 Å². The Bertz CT molecular complexity index is 1650. The van der Waals surface area contributed by atoms with Gasteiger partial charge in [-0.1, -0.05) is 149 Å². The van der Waals surface area contributed by atoms with Gasteiger partial charge in [0.15, 0.2) is 0 Å². The van der Waals surface area contributed by atoms with Gasteiger partial charge in [0.05, 0.1) is 18.0 Å². The van der Waals surface area contributed by atoms with Crippen molar-refractivity contribution in [1.29, 1.82) is 0 Å². The molecule has 0 N–H and O–H groups in total. The summed E-state index contributed by atoms with van der Waals surface area (Å²) >= 11 is 0. The van der Waals surface area contributed by atoms with Gasteiger partial charge in [-0.25, -0.2) is 0 Å². The molecule has 4 bridgehead atoms. The Balaban J connectivity index is 1.44. The molecule has 4 fully saturated rings. The molecule has 4 saturated heterocycles. The van der Waals surface area contributed by atoms with E-state index in [1.807, 2.05) is 0 Å². The molecular weight excluding hydrogens is 560 g/mol. The molecule has 0 saturated carbocycles. The first-order chi connectivity index (χ1) is 22.3. The predicted octanol–water partition coefficient (Wildman–Crippen LogP) is 9.64. The number of nitrogens with zero attached hydrogens (tertiary/aromatic N) is 2. The number of aryl methyl sites for hydroxylation is 5. The minimum absolute atomic E-state index is 0.0311. The van der Waals surface area contributed by atoms with Crippen LogP contribution in [0.3, 0.4) is 0 Å². The predicted molar refractivity (Wildman–Crippen MR) is 185 cm³/mol. The normalized spacial score (nSPS) is 29.7. The van der Waals surface area contributed by atoms with Crippen molar-refractivity contribution in [3.63, 3.8) is 0 Å². The van der Waals surface area contributed by atoms with Crippen molar-refractivity contribution in [2.24, 2.45) is 11.8 Å². The topological polar surface area (TPSA) is 23.6 Å². The van der Waals surface area contributed by atoms with E-state index in [4.69, 9.17) is 0 Å². The fourth-order valence-corrected chi connectivity index (χ4v) is 8.70. The first-order valence-corrected chi connectivity index (χ1v) is 16.7. The molecule has 5 aromatic carbocycles. The second-order valence-corrected chi connectivity index (χ2v) is 14.1. The third-order valence-corrected chi connectivity index (χ3v) is 10.9. The molecule has 0 amide bonds. The molecule has 4 unspecified atom stereocenters. The minimum atomic E-state index is -0.194. The number of carbonyl (C=O) groups excluding carboxylic acids is 1. The average Bonchev–Trinajstić information content (AvgIpc) is 3.06. The lowest BCUT2D eigenvalue weighted by atomic mass is 9.58. The van der Waals surface area contributed by atoms with Gasteiger partial charge < -0.3 is 0 Å². The number of Topliss-reactive ketones (excluding diaryl/α,β-unsaturated/α-hetero) is 1. The molecular formula is C43H42N2O. The molecule has 0 aliphatic carbocycles. The van der Waals surface area contributed by atoms with Crippen molar-refractivity contribution in [3.05, 3.63) is 177 Å². The van der Waals surface area contributed by atoms with Crippen LogP contribution in [-0.4, -0.2) is 15.6 Å². The van der Waals surface area contributed by atoms with Crippen molar-refractivity contribution >= 4 is 5.78 Å². The van der Waals surface area contributed by atoms with Gasteiger partial charge in [0.1, 0.15) is 5.78 Å². The summed E-state index contributed by atoms with van der Waals surface area (Å²) in [5.41, 5.74) is 12.4. The summed E-state index contributed by atoms with van der Waals surface area (Å²) in [6.45, 7) is 10.7. The van der Waals surface area contributed by atoms with Gasteiger partial charge in [-0.05, 0) is 62.4 Å². The molecule has 0 radical (unpaired) electrons. The maximum Gasteiger partial charge on any atom is 0.146 e. The highest BCUT2D eigenvalue weighted by Crippen LogP contribution is 2.69. The van der Waals surface area contributed by atoms with E-state index in [1.54, 1.807) is 0 Å². The van der Waals surface area contributed by atoms with E-state index in [-0.39, 0.29) is 42.2 Å². The van der Waals surface area contributed by atoms with Crippen LogP contribution in [0.25, 0.3) is 0 Å². The lowest BCUT2D eigenvalue weighted by Gasteiger charge is -2.70. The lowest BCUT2D eigenvalue weighted by Crippen LogP contribution is -2.70. The molecule has 4 heterocycles. The molecule has 9 rings (SSSR count). The molecule has 3 nitrogen and oxygen atoms in total. The zero-order valence-corrected chi connectivity index (χ0v) is 27.4. The van der Waals surface area contributed by atoms with Crippen LogP contribution < -0.4 is 0 Å². The quantitative estimate of drug-likeness (QED) is 0.200. The van der Waals surface area contributed by atoms with Crippen LogP contribution in [0.15, 0.2) is 121 Å². The maximum atomic E-state index is 15.4. The molecule has 0 aromatic heterocycles. The van der Waals surface area contributed by atoms with Gasteiger partial charge in [-0.3, -0.25) is 14.6 Å². The van der Waals surface area contributed by atoms with Crippen LogP contribution in [0, 0.1) is 46.5 Å². The maximum absolute atomic E-state index is 15.4. The largest absolute Gasteiger partial charge is 0.299 e. The molecule has 0 spiro atoms. The van der Waals surface area contributed by atoms with Gasteiger partial charge in [-0.2, -0.15) is 0 Å². The van der Waals surface area contributed by atoms with E-state index in [0.29, 0.717) is 5.78 Å². The van der Waals surface area contributed by atoms with Crippen LogP contribution in [0.1, 0.15) is 86.0 Å². The standard InChI is InChI=1S/C43H42N2O/c1-26-6-16-31(17-7-26)38-36-39(32-18-8-27(2)9-19-32)45-41(34-22-12-29(4)13-23-34)37(42(36)46)40(33-20-10-28(3)11-21-33)44(38)43(45)35-24-14-30(5)15-25-35/h6-25,36-41,43H,1-5H3. The molecule has 5 aromatic rings. The first kappa shape index (κ1) is 29.1. The number of benzene rings is 5. The fraction of sp³-hybridized carbons (Fsp3) is 0.279. The Hall–Kier alpha value is -4.31.